The van der Waals surface area contributed by atoms with Crippen LogP contribution >= 0.6 is 12.4 Å². The Morgan fingerprint density at radius 1 is 1.27 bits per heavy atom. The monoisotopic (exact) mass is 171 g/mol. The van der Waals surface area contributed by atoms with Gasteiger partial charge in [0.15, 0.2) is 0 Å². The molecule has 0 atom stereocenters. The van der Waals surface area contributed by atoms with E-state index in [1.54, 1.807) is 0 Å². The van der Waals surface area contributed by atoms with Gasteiger partial charge in [0.25, 0.3) is 0 Å². The lowest BCUT2D eigenvalue weighted by molar-refractivity contribution is 0.958. The van der Waals surface area contributed by atoms with E-state index < -0.39 is 0 Å². The van der Waals surface area contributed by atoms with Crippen LogP contribution < -0.4 is 5.73 Å². The minimum atomic E-state index is 0. The largest absolute Gasteiger partial charge is 0.330 e. The van der Waals surface area contributed by atoms with Gasteiger partial charge >= 0.3 is 0 Å². The summed E-state index contributed by atoms with van der Waals surface area (Å²) in [5.74, 6) is 0. The summed E-state index contributed by atoms with van der Waals surface area (Å²) in [6, 6.07) is 8.35. The summed E-state index contributed by atoms with van der Waals surface area (Å²) in [6.07, 6.45) is 0.993. The van der Waals surface area contributed by atoms with Crippen molar-refractivity contribution in [2.45, 2.75) is 13.3 Å². The molecule has 0 bridgehead atoms. The van der Waals surface area contributed by atoms with E-state index in [0.29, 0.717) is 0 Å². The molecule has 11 heavy (non-hydrogen) atoms. The zero-order valence-electron chi connectivity index (χ0n) is 6.71. The third-order valence-corrected chi connectivity index (χ3v) is 1.67. The van der Waals surface area contributed by atoms with Gasteiger partial charge in [-0.2, -0.15) is 0 Å². The molecule has 0 spiro atoms. The van der Waals surface area contributed by atoms with E-state index in [2.05, 4.69) is 31.2 Å². The van der Waals surface area contributed by atoms with Crippen LogP contribution in [-0.4, -0.2) is 6.54 Å². The van der Waals surface area contributed by atoms with Crippen LogP contribution in [0.4, 0.5) is 0 Å². The maximum absolute atomic E-state index is 5.43. The lowest BCUT2D eigenvalue weighted by atomic mass is 10.1. The molecule has 1 aromatic carbocycles. The topological polar surface area (TPSA) is 26.0 Å². The summed E-state index contributed by atoms with van der Waals surface area (Å²) in [5.41, 5.74) is 8.14. The Morgan fingerprint density at radius 2 is 1.91 bits per heavy atom. The van der Waals surface area contributed by atoms with E-state index >= 15 is 0 Å². The Kier molecular flexibility index (Phi) is 4.92. The highest BCUT2D eigenvalue weighted by molar-refractivity contribution is 5.85. The Balaban J connectivity index is 0.000001000. The summed E-state index contributed by atoms with van der Waals surface area (Å²) in [4.78, 5) is 0. The van der Waals surface area contributed by atoms with Gasteiger partial charge in [-0.05, 0) is 31.0 Å². The van der Waals surface area contributed by atoms with Gasteiger partial charge in [-0.15, -0.1) is 12.4 Å². The average Bonchev–Trinajstić information content (AvgIpc) is 1.94. The zero-order chi connectivity index (χ0) is 7.40. The number of hydrogen-bond donors (Lipinski definition) is 1. The van der Waals surface area contributed by atoms with Crippen molar-refractivity contribution in [2.75, 3.05) is 6.54 Å². The number of halogens is 1. The molecule has 0 amide bonds. The molecular weight excluding hydrogens is 158 g/mol. The van der Waals surface area contributed by atoms with Crippen molar-refractivity contribution in [3.8, 4) is 0 Å². The van der Waals surface area contributed by atoms with Crippen LogP contribution in [0.1, 0.15) is 11.1 Å². The predicted octanol–water partition coefficient (Wildman–Crippen LogP) is 1.92. The second-order valence-electron chi connectivity index (χ2n) is 2.47. The van der Waals surface area contributed by atoms with E-state index in [4.69, 9.17) is 5.73 Å². The Bertz CT molecular complexity index is 210. The quantitative estimate of drug-likeness (QED) is 0.723. The van der Waals surface area contributed by atoms with Crippen LogP contribution in [0.15, 0.2) is 24.3 Å². The van der Waals surface area contributed by atoms with Gasteiger partial charge in [-0.1, -0.05) is 24.3 Å². The van der Waals surface area contributed by atoms with Gasteiger partial charge in [0.05, 0.1) is 0 Å². The molecule has 1 aromatic rings. The molecule has 0 aromatic heterocycles. The van der Waals surface area contributed by atoms with Gasteiger partial charge in [0, 0.05) is 0 Å². The SMILES string of the molecule is Cc1ccccc1CCN.Cl. The first-order valence-electron chi connectivity index (χ1n) is 3.59. The smallest absolute Gasteiger partial charge is 0.00366 e. The second-order valence-corrected chi connectivity index (χ2v) is 2.47. The van der Waals surface area contributed by atoms with E-state index in [-0.39, 0.29) is 12.4 Å². The van der Waals surface area contributed by atoms with Crippen molar-refractivity contribution < 1.29 is 0 Å². The van der Waals surface area contributed by atoms with Crippen LogP contribution in [0.25, 0.3) is 0 Å². The van der Waals surface area contributed by atoms with Crippen LogP contribution in [-0.2, 0) is 6.42 Å². The highest BCUT2D eigenvalue weighted by atomic mass is 35.5. The van der Waals surface area contributed by atoms with Crippen molar-refractivity contribution in [3.05, 3.63) is 35.4 Å². The van der Waals surface area contributed by atoms with Crippen molar-refractivity contribution in [1.82, 2.24) is 0 Å². The molecule has 1 nitrogen and oxygen atoms in total. The molecule has 62 valence electrons. The van der Waals surface area contributed by atoms with Gasteiger partial charge in [-0.25, -0.2) is 0 Å². The van der Waals surface area contributed by atoms with E-state index in [1.165, 1.54) is 11.1 Å². The fourth-order valence-electron chi connectivity index (χ4n) is 1.05. The van der Waals surface area contributed by atoms with Gasteiger partial charge in [0.2, 0.25) is 0 Å². The molecule has 2 heteroatoms. The fourth-order valence-corrected chi connectivity index (χ4v) is 1.05. The molecule has 1 rings (SSSR count). The molecular formula is C9H14ClN. The van der Waals surface area contributed by atoms with Crippen molar-refractivity contribution in [3.63, 3.8) is 0 Å². The zero-order valence-corrected chi connectivity index (χ0v) is 7.53. The first-order valence-corrected chi connectivity index (χ1v) is 3.59. The number of nitrogens with two attached hydrogens (primary N) is 1. The molecule has 0 saturated carbocycles. The molecule has 0 unspecified atom stereocenters. The van der Waals surface area contributed by atoms with Crippen molar-refractivity contribution in [1.29, 1.82) is 0 Å². The maximum atomic E-state index is 5.43. The second kappa shape index (κ2) is 5.16. The third kappa shape index (κ3) is 2.91. The molecule has 0 aliphatic rings. The molecule has 0 saturated heterocycles. The van der Waals surface area contributed by atoms with Crippen molar-refractivity contribution in [2.24, 2.45) is 5.73 Å². The number of benzene rings is 1. The van der Waals surface area contributed by atoms with Crippen molar-refractivity contribution >= 4 is 12.4 Å². The number of rotatable bonds is 2. The van der Waals surface area contributed by atoms with E-state index in [0.717, 1.165) is 13.0 Å². The molecule has 0 heterocycles. The standard InChI is InChI=1S/C9H13N.ClH/c1-8-4-2-3-5-9(8)6-7-10;/h2-5H,6-7,10H2,1H3;1H. The Hall–Kier alpha value is -0.530. The first kappa shape index (κ1) is 10.5. The maximum Gasteiger partial charge on any atom is -0.00366 e. The summed E-state index contributed by atoms with van der Waals surface area (Å²) < 4.78 is 0. The first-order chi connectivity index (χ1) is 4.84. The molecule has 0 aliphatic heterocycles. The average molecular weight is 172 g/mol. The minimum Gasteiger partial charge on any atom is -0.330 e. The summed E-state index contributed by atoms with van der Waals surface area (Å²) in [6.45, 7) is 2.86. The number of hydrogen-bond acceptors (Lipinski definition) is 1. The molecule has 0 fully saturated rings. The number of aryl methyl sites for hydroxylation is 1. The van der Waals surface area contributed by atoms with E-state index in [9.17, 15) is 0 Å². The minimum absolute atomic E-state index is 0. The van der Waals surface area contributed by atoms with Gasteiger partial charge in [0.1, 0.15) is 0 Å². The van der Waals surface area contributed by atoms with Crippen LogP contribution in [0, 0.1) is 6.92 Å². The highest BCUT2D eigenvalue weighted by Crippen LogP contribution is 2.05. The Morgan fingerprint density at radius 3 is 2.45 bits per heavy atom. The predicted molar refractivity (Wildman–Crippen MR) is 51.2 cm³/mol. The van der Waals surface area contributed by atoms with Crippen LogP contribution in [0.5, 0.6) is 0 Å². The third-order valence-electron chi connectivity index (χ3n) is 1.67. The van der Waals surface area contributed by atoms with Gasteiger partial charge in [-0.3, -0.25) is 0 Å². The lowest BCUT2D eigenvalue weighted by Crippen LogP contribution is -2.03. The highest BCUT2D eigenvalue weighted by Gasteiger charge is 1.92. The summed E-state index contributed by atoms with van der Waals surface area (Å²) >= 11 is 0. The van der Waals surface area contributed by atoms with E-state index in [1.807, 2.05) is 0 Å². The molecule has 2 N–H and O–H groups in total. The summed E-state index contributed by atoms with van der Waals surface area (Å²) in [5, 5.41) is 0. The van der Waals surface area contributed by atoms with Crippen LogP contribution in [0.2, 0.25) is 0 Å². The fraction of sp³-hybridized carbons (Fsp3) is 0.333. The normalized spacial score (nSPS) is 8.91. The Labute approximate surface area is 74.0 Å². The molecule has 0 aliphatic carbocycles. The summed E-state index contributed by atoms with van der Waals surface area (Å²) in [7, 11) is 0. The lowest BCUT2D eigenvalue weighted by Gasteiger charge is -2.01. The molecule has 0 radical (unpaired) electrons. The van der Waals surface area contributed by atoms with Gasteiger partial charge < -0.3 is 5.73 Å². The van der Waals surface area contributed by atoms with Crippen LogP contribution in [0.3, 0.4) is 0 Å².